The Morgan fingerprint density at radius 3 is 2.00 bits per heavy atom. The Labute approximate surface area is 106 Å². The van der Waals surface area contributed by atoms with Crippen molar-refractivity contribution in [2.75, 3.05) is 26.9 Å². The van der Waals surface area contributed by atoms with Crippen LogP contribution in [0.5, 0.6) is 0 Å². The molecule has 0 amide bonds. The van der Waals surface area contributed by atoms with Gasteiger partial charge in [0.2, 0.25) is 0 Å². The lowest BCUT2D eigenvalue weighted by Crippen LogP contribution is -2.58. The van der Waals surface area contributed by atoms with Gasteiger partial charge < -0.3 is 15.2 Å². The topological polar surface area (TPSA) is 41.5 Å². The minimum atomic E-state index is -0.135. The zero-order valence-electron chi connectivity index (χ0n) is 12.1. The van der Waals surface area contributed by atoms with Gasteiger partial charge in [-0.3, -0.25) is 0 Å². The van der Waals surface area contributed by atoms with Crippen LogP contribution in [0.1, 0.15) is 47.0 Å². The molecule has 0 radical (unpaired) electrons. The molecule has 0 aliphatic heterocycles. The largest absolute Gasteiger partial charge is 0.394 e. The third-order valence-electron chi connectivity index (χ3n) is 3.70. The third-order valence-corrected chi connectivity index (χ3v) is 3.70. The average molecular weight is 243 g/mol. The highest BCUT2D eigenvalue weighted by atomic mass is 16.5. The van der Waals surface area contributed by atoms with Crippen LogP contribution in [-0.4, -0.2) is 37.5 Å². The molecule has 3 nitrogen and oxygen atoms in total. The summed E-state index contributed by atoms with van der Waals surface area (Å²) in [6.07, 6.45) is 3.28. The van der Waals surface area contributed by atoms with Gasteiger partial charge in [-0.05, 0) is 30.1 Å². The summed E-state index contributed by atoms with van der Waals surface area (Å²) in [5.41, 5.74) is 0.429. The van der Waals surface area contributed by atoms with E-state index < -0.39 is 0 Å². The van der Waals surface area contributed by atoms with Crippen LogP contribution in [-0.2, 0) is 4.74 Å². The van der Waals surface area contributed by atoms with E-state index >= 15 is 0 Å². The summed E-state index contributed by atoms with van der Waals surface area (Å²) in [4.78, 5) is 0. The lowest BCUT2D eigenvalue weighted by molar-refractivity contribution is -0.00575. The lowest BCUT2D eigenvalue weighted by Gasteiger charge is -2.52. The van der Waals surface area contributed by atoms with Crippen LogP contribution in [0.15, 0.2) is 0 Å². The summed E-state index contributed by atoms with van der Waals surface area (Å²) in [5.74, 6) is 0. The van der Waals surface area contributed by atoms with E-state index in [9.17, 15) is 5.11 Å². The minimum absolute atomic E-state index is 0.135. The maximum Gasteiger partial charge on any atom is 0.0613 e. The van der Waals surface area contributed by atoms with Crippen LogP contribution in [0.4, 0.5) is 0 Å². The van der Waals surface area contributed by atoms with Gasteiger partial charge in [0.05, 0.1) is 13.2 Å². The molecule has 102 valence electrons. The quantitative estimate of drug-likeness (QED) is 0.727. The van der Waals surface area contributed by atoms with Gasteiger partial charge in [0, 0.05) is 19.2 Å². The second kappa shape index (κ2) is 5.25. The maximum atomic E-state index is 9.80. The second-order valence-corrected chi connectivity index (χ2v) is 7.22. The van der Waals surface area contributed by atoms with Gasteiger partial charge in [0.25, 0.3) is 0 Å². The van der Waals surface area contributed by atoms with Crippen molar-refractivity contribution >= 4 is 0 Å². The highest BCUT2D eigenvalue weighted by molar-refractivity contribution is 5.02. The molecule has 0 heterocycles. The molecule has 0 bridgehead atoms. The smallest absolute Gasteiger partial charge is 0.0613 e. The molecule has 1 rings (SSSR count). The van der Waals surface area contributed by atoms with E-state index in [0.717, 1.165) is 19.4 Å². The van der Waals surface area contributed by atoms with Crippen LogP contribution in [0.25, 0.3) is 0 Å². The van der Waals surface area contributed by atoms with Crippen molar-refractivity contribution in [2.45, 2.75) is 52.5 Å². The highest BCUT2D eigenvalue weighted by Crippen LogP contribution is 2.49. The number of ether oxygens (including phenoxy) is 1. The Bertz CT molecular complexity index is 233. The Morgan fingerprint density at radius 1 is 1.06 bits per heavy atom. The number of hydrogen-bond acceptors (Lipinski definition) is 3. The number of aliphatic hydroxyl groups is 1. The molecule has 0 aromatic heterocycles. The van der Waals surface area contributed by atoms with E-state index in [1.54, 1.807) is 7.11 Å². The van der Waals surface area contributed by atoms with E-state index in [4.69, 9.17) is 4.74 Å². The van der Waals surface area contributed by atoms with Gasteiger partial charge in [-0.2, -0.15) is 0 Å². The normalized spacial score (nSPS) is 25.8. The number of rotatable bonds is 5. The summed E-state index contributed by atoms with van der Waals surface area (Å²) >= 11 is 0. The van der Waals surface area contributed by atoms with Crippen LogP contribution in [0, 0.1) is 10.8 Å². The van der Waals surface area contributed by atoms with Gasteiger partial charge >= 0.3 is 0 Å². The maximum absolute atomic E-state index is 9.80. The zero-order valence-corrected chi connectivity index (χ0v) is 12.1. The predicted octanol–water partition coefficient (Wildman–Crippen LogP) is 2.19. The van der Waals surface area contributed by atoms with Crippen molar-refractivity contribution in [3.05, 3.63) is 0 Å². The summed E-state index contributed by atoms with van der Waals surface area (Å²) in [5, 5.41) is 13.3. The molecule has 1 aliphatic carbocycles. The van der Waals surface area contributed by atoms with Crippen molar-refractivity contribution in [3.8, 4) is 0 Å². The number of aliphatic hydroxyl groups excluding tert-OH is 1. The molecule has 0 spiro atoms. The average Bonchev–Trinajstić information content (AvgIpc) is 2.13. The van der Waals surface area contributed by atoms with Gasteiger partial charge in [-0.25, -0.2) is 0 Å². The fourth-order valence-electron chi connectivity index (χ4n) is 4.03. The monoisotopic (exact) mass is 243 g/mol. The first-order valence-electron chi connectivity index (χ1n) is 6.59. The van der Waals surface area contributed by atoms with Crippen LogP contribution in [0.3, 0.4) is 0 Å². The third kappa shape index (κ3) is 4.23. The summed E-state index contributed by atoms with van der Waals surface area (Å²) < 4.78 is 5.08. The van der Waals surface area contributed by atoms with Crippen LogP contribution in [0.2, 0.25) is 0 Å². The number of nitrogens with one attached hydrogen (secondary N) is 1. The molecule has 1 fully saturated rings. The summed E-state index contributed by atoms with van der Waals surface area (Å²) in [6.45, 7) is 10.9. The molecule has 0 aromatic carbocycles. The second-order valence-electron chi connectivity index (χ2n) is 7.22. The molecule has 2 N–H and O–H groups in total. The van der Waals surface area contributed by atoms with Gasteiger partial charge in [-0.15, -0.1) is 0 Å². The van der Waals surface area contributed by atoms with Crippen molar-refractivity contribution in [1.29, 1.82) is 0 Å². The molecule has 17 heavy (non-hydrogen) atoms. The van der Waals surface area contributed by atoms with Crippen LogP contribution < -0.4 is 5.32 Å². The predicted molar refractivity (Wildman–Crippen MR) is 71.1 cm³/mol. The molecule has 3 heteroatoms. The molecule has 0 unspecified atom stereocenters. The fourth-order valence-corrected chi connectivity index (χ4v) is 4.03. The number of methoxy groups -OCH3 is 1. The molecule has 0 aromatic rings. The Hall–Kier alpha value is -0.120. The standard InChI is InChI=1S/C14H29NO2/c1-12(2)8-13(3,4)10-14(9-12,11-16)15-6-7-17-5/h15-16H,6-11H2,1-5H3. The Morgan fingerprint density at radius 2 is 1.59 bits per heavy atom. The fraction of sp³-hybridized carbons (Fsp3) is 1.00. The SMILES string of the molecule is COCCNC1(CO)CC(C)(C)CC(C)(C)C1. The Kier molecular flexibility index (Phi) is 4.61. The molecule has 1 aliphatic rings. The number of hydrogen-bond donors (Lipinski definition) is 2. The first-order valence-corrected chi connectivity index (χ1v) is 6.59. The first-order chi connectivity index (χ1) is 7.74. The van der Waals surface area contributed by atoms with Gasteiger partial charge in [0.15, 0.2) is 0 Å². The summed E-state index contributed by atoms with van der Waals surface area (Å²) in [6, 6.07) is 0. The van der Waals surface area contributed by atoms with E-state index in [1.165, 1.54) is 6.42 Å². The van der Waals surface area contributed by atoms with Gasteiger partial charge in [0.1, 0.15) is 0 Å². The lowest BCUT2D eigenvalue weighted by atomic mass is 9.58. The molecule has 0 atom stereocenters. The minimum Gasteiger partial charge on any atom is -0.394 e. The van der Waals surface area contributed by atoms with Crippen molar-refractivity contribution in [2.24, 2.45) is 10.8 Å². The highest BCUT2D eigenvalue weighted by Gasteiger charge is 2.46. The molecular formula is C14H29NO2. The van der Waals surface area contributed by atoms with Crippen molar-refractivity contribution in [3.63, 3.8) is 0 Å². The summed E-state index contributed by atoms with van der Waals surface area (Å²) in [7, 11) is 1.71. The van der Waals surface area contributed by atoms with E-state index in [2.05, 4.69) is 33.0 Å². The van der Waals surface area contributed by atoms with E-state index in [1.807, 2.05) is 0 Å². The van der Waals surface area contributed by atoms with Crippen LogP contribution >= 0.6 is 0 Å². The molecule has 1 saturated carbocycles. The van der Waals surface area contributed by atoms with E-state index in [-0.39, 0.29) is 23.0 Å². The van der Waals surface area contributed by atoms with Crippen molar-refractivity contribution in [1.82, 2.24) is 5.32 Å². The van der Waals surface area contributed by atoms with Gasteiger partial charge in [-0.1, -0.05) is 27.7 Å². The van der Waals surface area contributed by atoms with Crippen molar-refractivity contribution < 1.29 is 9.84 Å². The molecule has 0 saturated heterocycles. The molecular weight excluding hydrogens is 214 g/mol. The zero-order chi connectivity index (χ0) is 13.2. The Balaban J connectivity index is 2.75. The first kappa shape index (κ1) is 14.9. The van der Waals surface area contributed by atoms with E-state index in [0.29, 0.717) is 6.61 Å².